The molecule has 24 heavy (non-hydrogen) atoms. The van der Waals surface area contributed by atoms with Gasteiger partial charge in [-0.3, -0.25) is 4.79 Å². The van der Waals surface area contributed by atoms with E-state index in [0.717, 1.165) is 19.4 Å². The molecule has 1 heterocycles. The van der Waals surface area contributed by atoms with Gasteiger partial charge in [0.25, 0.3) is 5.91 Å². The summed E-state index contributed by atoms with van der Waals surface area (Å²) in [5.74, 6) is 1.14. The largest absolute Gasteiger partial charge is 0.491 e. The number of amides is 1. The molecule has 0 radical (unpaired) electrons. The van der Waals surface area contributed by atoms with Gasteiger partial charge in [0.2, 0.25) is 0 Å². The van der Waals surface area contributed by atoms with Crippen LogP contribution in [0.25, 0.3) is 0 Å². The third kappa shape index (κ3) is 5.80. The van der Waals surface area contributed by atoms with E-state index in [1.165, 1.54) is 0 Å². The van der Waals surface area contributed by atoms with Gasteiger partial charge in [0.1, 0.15) is 12.4 Å². The first-order valence-electron chi connectivity index (χ1n) is 8.73. The molecule has 0 N–H and O–H groups in total. The van der Waals surface area contributed by atoms with Crippen molar-refractivity contribution in [2.24, 2.45) is 5.92 Å². The molecule has 1 aromatic carbocycles. The Morgan fingerprint density at radius 3 is 2.92 bits per heavy atom. The van der Waals surface area contributed by atoms with Gasteiger partial charge in [-0.25, -0.2) is 0 Å². The van der Waals surface area contributed by atoms with E-state index in [1.807, 2.05) is 29.2 Å². The Hall–Kier alpha value is -1.59. The monoisotopic (exact) mass is 335 g/mol. The molecular formula is C19H29NO4. The fraction of sp³-hybridized carbons (Fsp3) is 0.632. The van der Waals surface area contributed by atoms with E-state index >= 15 is 0 Å². The number of carbonyl (C=O) groups is 1. The van der Waals surface area contributed by atoms with Crippen molar-refractivity contribution in [2.45, 2.75) is 32.8 Å². The minimum atomic E-state index is 0.0170. The van der Waals surface area contributed by atoms with Crippen molar-refractivity contribution >= 4 is 5.91 Å². The van der Waals surface area contributed by atoms with E-state index in [1.54, 1.807) is 7.11 Å². The lowest BCUT2D eigenvalue weighted by molar-refractivity contribution is 0.0662. The number of nitrogens with zero attached hydrogens (tertiary/aromatic N) is 1. The lowest BCUT2D eigenvalue weighted by Crippen LogP contribution is -2.36. The van der Waals surface area contributed by atoms with Gasteiger partial charge in [0.05, 0.1) is 12.7 Å². The van der Waals surface area contributed by atoms with E-state index in [4.69, 9.17) is 14.2 Å². The molecule has 1 aliphatic rings. The van der Waals surface area contributed by atoms with Crippen LogP contribution in [0.5, 0.6) is 5.75 Å². The molecular weight excluding hydrogens is 306 g/mol. The van der Waals surface area contributed by atoms with Crippen molar-refractivity contribution in [1.82, 2.24) is 4.90 Å². The average Bonchev–Trinajstić information content (AvgIpc) is 3.09. The molecule has 0 spiro atoms. The van der Waals surface area contributed by atoms with Gasteiger partial charge in [-0.15, -0.1) is 0 Å². The van der Waals surface area contributed by atoms with Crippen molar-refractivity contribution in [3.05, 3.63) is 29.8 Å². The fourth-order valence-corrected chi connectivity index (χ4v) is 2.78. The Bertz CT molecular complexity index is 512. The van der Waals surface area contributed by atoms with Gasteiger partial charge in [-0.2, -0.15) is 0 Å². The Balaban J connectivity index is 1.99. The summed E-state index contributed by atoms with van der Waals surface area (Å²) in [6, 6.07) is 7.40. The molecule has 1 atom stereocenters. The predicted molar refractivity (Wildman–Crippen MR) is 93.5 cm³/mol. The van der Waals surface area contributed by atoms with Crippen LogP contribution in [0.2, 0.25) is 0 Å². The number of hydrogen-bond acceptors (Lipinski definition) is 4. The molecule has 5 heteroatoms. The molecule has 1 aliphatic heterocycles. The smallest absolute Gasteiger partial charge is 0.254 e. The molecule has 1 aromatic rings. The number of ether oxygens (including phenoxy) is 3. The minimum Gasteiger partial charge on any atom is -0.491 e. The Labute approximate surface area is 144 Å². The summed E-state index contributed by atoms with van der Waals surface area (Å²) in [7, 11) is 1.65. The molecule has 1 fully saturated rings. The summed E-state index contributed by atoms with van der Waals surface area (Å²) in [6.45, 7) is 7.40. The SMILES string of the molecule is COCCN(CC(C)C)C(=O)c1cccc(OCC2CCCO2)c1. The van der Waals surface area contributed by atoms with Crippen LogP contribution in [0.4, 0.5) is 0 Å². The lowest BCUT2D eigenvalue weighted by Gasteiger charge is -2.24. The summed E-state index contributed by atoms with van der Waals surface area (Å²) in [5, 5.41) is 0. The van der Waals surface area contributed by atoms with Crippen LogP contribution >= 0.6 is 0 Å². The third-order valence-corrected chi connectivity index (χ3v) is 3.98. The summed E-state index contributed by atoms with van der Waals surface area (Å²) in [4.78, 5) is 14.6. The summed E-state index contributed by atoms with van der Waals surface area (Å²) in [5.41, 5.74) is 0.650. The van der Waals surface area contributed by atoms with E-state index in [9.17, 15) is 4.79 Å². The van der Waals surface area contributed by atoms with Crippen LogP contribution < -0.4 is 4.74 Å². The molecule has 0 saturated carbocycles. The number of rotatable bonds is 9. The molecule has 0 aliphatic carbocycles. The fourth-order valence-electron chi connectivity index (χ4n) is 2.78. The van der Waals surface area contributed by atoms with Crippen LogP contribution in [-0.2, 0) is 9.47 Å². The van der Waals surface area contributed by atoms with Crippen LogP contribution in [0.1, 0.15) is 37.0 Å². The van der Waals surface area contributed by atoms with Crippen molar-refractivity contribution in [3.63, 3.8) is 0 Å². The van der Waals surface area contributed by atoms with Gasteiger partial charge in [-0.1, -0.05) is 19.9 Å². The maximum absolute atomic E-state index is 12.8. The topological polar surface area (TPSA) is 48.0 Å². The normalized spacial score (nSPS) is 17.2. The van der Waals surface area contributed by atoms with Crippen molar-refractivity contribution in [1.29, 1.82) is 0 Å². The van der Waals surface area contributed by atoms with E-state index in [2.05, 4.69) is 13.8 Å². The van der Waals surface area contributed by atoms with Crippen molar-refractivity contribution < 1.29 is 19.0 Å². The summed E-state index contributed by atoms with van der Waals surface area (Å²) in [6.07, 6.45) is 2.30. The van der Waals surface area contributed by atoms with E-state index in [-0.39, 0.29) is 12.0 Å². The first-order chi connectivity index (χ1) is 11.6. The van der Waals surface area contributed by atoms with Crippen molar-refractivity contribution in [3.8, 4) is 5.75 Å². The van der Waals surface area contributed by atoms with Gasteiger partial charge >= 0.3 is 0 Å². The second kappa shape index (κ2) is 9.64. The quantitative estimate of drug-likeness (QED) is 0.696. The molecule has 1 amide bonds. The van der Waals surface area contributed by atoms with E-state index in [0.29, 0.717) is 43.5 Å². The standard InChI is InChI=1S/C19H29NO4/c1-15(2)13-20(9-11-22-3)19(21)16-6-4-7-17(12-16)24-14-18-8-5-10-23-18/h4,6-7,12,15,18H,5,8-11,13-14H2,1-3H3. The zero-order valence-electron chi connectivity index (χ0n) is 15.0. The number of benzene rings is 1. The van der Waals surface area contributed by atoms with Gasteiger partial charge in [-0.05, 0) is 37.0 Å². The molecule has 0 bridgehead atoms. The highest BCUT2D eigenvalue weighted by Gasteiger charge is 2.19. The van der Waals surface area contributed by atoms with Crippen LogP contribution in [0.3, 0.4) is 0 Å². The third-order valence-electron chi connectivity index (χ3n) is 3.98. The maximum Gasteiger partial charge on any atom is 0.254 e. The van der Waals surface area contributed by atoms with Gasteiger partial charge < -0.3 is 19.1 Å². The first-order valence-corrected chi connectivity index (χ1v) is 8.73. The Morgan fingerprint density at radius 1 is 1.42 bits per heavy atom. The van der Waals surface area contributed by atoms with E-state index < -0.39 is 0 Å². The van der Waals surface area contributed by atoms with Crippen LogP contribution in [0, 0.1) is 5.92 Å². The second-order valence-electron chi connectivity index (χ2n) is 6.61. The number of hydrogen-bond donors (Lipinski definition) is 0. The van der Waals surface area contributed by atoms with Crippen LogP contribution in [0.15, 0.2) is 24.3 Å². The van der Waals surface area contributed by atoms with Gasteiger partial charge in [0, 0.05) is 32.4 Å². The second-order valence-corrected chi connectivity index (χ2v) is 6.61. The molecule has 1 unspecified atom stereocenters. The Kier molecular flexibility index (Phi) is 7.53. The highest BCUT2D eigenvalue weighted by Crippen LogP contribution is 2.18. The predicted octanol–water partition coefficient (Wildman–Crippen LogP) is 2.99. The van der Waals surface area contributed by atoms with Gasteiger partial charge in [0.15, 0.2) is 0 Å². The zero-order valence-corrected chi connectivity index (χ0v) is 15.0. The average molecular weight is 335 g/mol. The molecule has 5 nitrogen and oxygen atoms in total. The first kappa shape index (κ1) is 18.7. The number of methoxy groups -OCH3 is 1. The summed E-state index contributed by atoms with van der Waals surface area (Å²) >= 11 is 0. The zero-order chi connectivity index (χ0) is 17.4. The lowest BCUT2D eigenvalue weighted by atomic mass is 10.1. The molecule has 134 valence electrons. The minimum absolute atomic E-state index is 0.0170. The number of carbonyl (C=O) groups excluding carboxylic acids is 1. The molecule has 1 saturated heterocycles. The molecule has 2 rings (SSSR count). The summed E-state index contributed by atoms with van der Waals surface area (Å²) < 4.78 is 16.5. The Morgan fingerprint density at radius 2 is 2.25 bits per heavy atom. The maximum atomic E-state index is 12.8. The highest BCUT2D eigenvalue weighted by atomic mass is 16.5. The van der Waals surface area contributed by atoms with Crippen molar-refractivity contribution in [2.75, 3.05) is 40.0 Å². The highest BCUT2D eigenvalue weighted by molar-refractivity contribution is 5.94. The molecule has 0 aromatic heterocycles. The van der Waals surface area contributed by atoms with Crippen LogP contribution in [-0.4, -0.2) is 56.9 Å².